The maximum Gasteiger partial charge on any atom is 0.317 e. The molecule has 0 rings (SSSR count). The van der Waals surface area contributed by atoms with Gasteiger partial charge in [-0.15, -0.1) is 0 Å². The molecule has 13 nitrogen and oxygen atoms in total. The Labute approximate surface area is 167 Å². The first-order valence-electron chi connectivity index (χ1n) is 8.84. The number of carbonyl (C=O) groups excluding carboxylic acids is 1. The number of nitrogens with one attached hydrogen (secondary N) is 1. The molecule has 0 radical (unpaired) electrons. The van der Waals surface area contributed by atoms with Gasteiger partial charge in [0.15, 0.2) is 0 Å². The van der Waals surface area contributed by atoms with Crippen molar-refractivity contribution in [1.29, 1.82) is 0 Å². The summed E-state index contributed by atoms with van der Waals surface area (Å²) in [5.74, 6) is -5.10. The van der Waals surface area contributed by atoms with E-state index in [1.54, 1.807) is 6.92 Å². The lowest BCUT2D eigenvalue weighted by atomic mass is 10.3. The van der Waals surface area contributed by atoms with Crippen LogP contribution in [0.2, 0.25) is 0 Å². The second kappa shape index (κ2) is 14.3. The molecule has 0 spiro atoms. The molecule has 0 aromatic rings. The van der Waals surface area contributed by atoms with E-state index in [0.717, 1.165) is 4.90 Å². The number of rotatable bonds is 17. The average molecular weight is 420 g/mol. The minimum atomic E-state index is -1.22. The highest BCUT2D eigenvalue weighted by Crippen LogP contribution is 1.97. The van der Waals surface area contributed by atoms with Crippen LogP contribution < -0.4 is 5.32 Å². The molecule has 0 fully saturated rings. The molecule has 1 amide bonds. The molecule has 0 heterocycles. The third-order valence-electron chi connectivity index (χ3n) is 3.64. The number of amides is 1. The van der Waals surface area contributed by atoms with E-state index in [-0.39, 0.29) is 38.6 Å². The van der Waals surface area contributed by atoms with Crippen LogP contribution in [0.4, 0.5) is 0 Å². The summed E-state index contributed by atoms with van der Waals surface area (Å²) in [6.45, 7) is 0.272. The summed E-state index contributed by atoms with van der Waals surface area (Å²) in [5.41, 5.74) is 0. The normalized spacial score (nSPS) is 11.0. The van der Waals surface area contributed by atoms with E-state index >= 15 is 0 Å². The van der Waals surface area contributed by atoms with Crippen molar-refractivity contribution in [2.45, 2.75) is 6.92 Å². The van der Waals surface area contributed by atoms with Crippen LogP contribution in [0.25, 0.3) is 0 Å². The number of hydrogen-bond acceptors (Lipinski definition) is 8. The van der Waals surface area contributed by atoms with Gasteiger partial charge in [0.25, 0.3) is 0 Å². The van der Waals surface area contributed by atoms with Gasteiger partial charge >= 0.3 is 23.9 Å². The van der Waals surface area contributed by atoms with Crippen molar-refractivity contribution in [2.75, 3.05) is 65.4 Å². The van der Waals surface area contributed by atoms with Gasteiger partial charge in [0.2, 0.25) is 5.91 Å². The maximum absolute atomic E-state index is 11.7. The van der Waals surface area contributed by atoms with Gasteiger partial charge in [0.1, 0.15) is 0 Å². The van der Waals surface area contributed by atoms with Crippen LogP contribution in [0.3, 0.4) is 0 Å². The molecule has 0 saturated carbocycles. The predicted octanol–water partition coefficient (Wildman–Crippen LogP) is -2.63. The molecule has 13 heteroatoms. The van der Waals surface area contributed by atoms with E-state index in [1.807, 2.05) is 0 Å². The number of hydrogen-bond donors (Lipinski definition) is 5. The first-order chi connectivity index (χ1) is 13.5. The van der Waals surface area contributed by atoms with E-state index in [2.05, 4.69) is 5.32 Å². The lowest BCUT2D eigenvalue weighted by Crippen LogP contribution is -2.46. The summed E-state index contributed by atoms with van der Waals surface area (Å²) in [7, 11) is 0. The third kappa shape index (κ3) is 14.9. The van der Waals surface area contributed by atoms with Crippen molar-refractivity contribution >= 4 is 29.8 Å². The molecule has 0 bridgehead atoms. The molecular formula is C16H28N4O9. The Balaban J connectivity index is 4.93. The molecule has 0 aromatic heterocycles. The maximum atomic E-state index is 11.7. The van der Waals surface area contributed by atoms with Gasteiger partial charge in [-0.2, -0.15) is 0 Å². The van der Waals surface area contributed by atoms with E-state index in [0.29, 0.717) is 6.54 Å². The highest BCUT2D eigenvalue weighted by Gasteiger charge is 2.19. The Bertz CT molecular complexity index is 569. The van der Waals surface area contributed by atoms with Crippen LogP contribution >= 0.6 is 0 Å². The van der Waals surface area contributed by atoms with Gasteiger partial charge in [0.05, 0.1) is 32.7 Å². The molecule has 0 saturated heterocycles. The number of carboxylic acid groups (broad SMARTS) is 4. The first kappa shape index (κ1) is 26.2. The minimum absolute atomic E-state index is 0.0128. The van der Waals surface area contributed by atoms with E-state index in [9.17, 15) is 24.0 Å². The Morgan fingerprint density at radius 2 is 0.897 bits per heavy atom. The second-order valence-corrected chi connectivity index (χ2v) is 6.23. The van der Waals surface area contributed by atoms with Crippen LogP contribution in [0.15, 0.2) is 0 Å². The van der Waals surface area contributed by atoms with Gasteiger partial charge in [0, 0.05) is 32.7 Å². The summed E-state index contributed by atoms with van der Waals surface area (Å²) in [4.78, 5) is 59.4. The fourth-order valence-corrected chi connectivity index (χ4v) is 2.48. The standard InChI is InChI=1S/C16H28N4O9/c1-2-17-12(21)7-19(9-14(24)25)5-3-18(8-13(22)23)4-6-20(10-15(26)27)11-16(28)29/h2-11H2,1H3,(H,17,21)(H,22,23)(H,24,25)(H,26,27)(H,28,29). The summed E-state index contributed by atoms with van der Waals surface area (Å²) in [6, 6.07) is 0. The van der Waals surface area contributed by atoms with E-state index in [4.69, 9.17) is 20.4 Å². The second-order valence-electron chi connectivity index (χ2n) is 6.23. The molecule has 0 aliphatic rings. The monoisotopic (exact) mass is 420 g/mol. The topological polar surface area (TPSA) is 188 Å². The highest BCUT2D eigenvalue weighted by atomic mass is 16.4. The summed E-state index contributed by atoms with van der Waals surface area (Å²) in [6.07, 6.45) is 0. The average Bonchev–Trinajstić information content (AvgIpc) is 2.55. The Kier molecular flexibility index (Phi) is 12.9. The quantitative estimate of drug-likeness (QED) is 0.165. The fraction of sp³-hybridized carbons (Fsp3) is 0.688. The summed E-state index contributed by atoms with van der Waals surface area (Å²) < 4.78 is 0. The van der Waals surface area contributed by atoms with Crippen molar-refractivity contribution in [3.63, 3.8) is 0 Å². The van der Waals surface area contributed by atoms with Gasteiger partial charge in [-0.25, -0.2) is 0 Å². The van der Waals surface area contributed by atoms with E-state index in [1.165, 1.54) is 9.80 Å². The van der Waals surface area contributed by atoms with Crippen molar-refractivity contribution < 1.29 is 44.4 Å². The molecule has 0 aromatic carbocycles. The van der Waals surface area contributed by atoms with Crippen molar-refractivity contribution in [3.05, 3.63) is 0 Å². The smallest absolute Gasteiger partial charge is 0.317 e. The minimum Gasteiger partial charge on any atom is -0.480 e. The molecule has 166 valence electrons. The number of likely N-dealkylation sites (N-methyl/N-ethyl adjacent to an activating group) is 1. The molecule has 0 aliphatic carbocycles. The lowest BCUT2D eigenvalue weighted by Gasteiger charge is -2.27. The van der Waals surface area contributed by atoms with Crippen molar-refractivity contribution in [1.82, 2.24) is 20.0 Å². The molecular weight excluding hydrogens is 392 g/mol. The number of aliphatic carboxylic acids is 4. The Morgan fingerprint density at radius 1 is 0.586 bits per heavy atom. The molecule has 0 unspecified atom stereocenters. The predicted molar refractivity (Wildman–Crippen MR) is 98.5 cm³/mol. The van der Waals surface area contributed by atoms with Crippen molar-refractivity contribution in [3.8, 4) is 0 Å². The SMILES string of the molecule is CCNC(=O)CN(CCN(CCN(CC(=O)O)CC(=O)O)CC(=O)O)CC(=O)O. The third-order valence-corrected chi connectivity index (χ3v) is 3.64. The fourth-order valence-electron chi connectivity index (χ4n) is 2.48. The Morgan fingerprint density at radius 3 is 1.24 bits per heavy atom. The molecule has 5 N–H and O–H groups in total. The van der Waals surface area contributed by atoms with Gasteiger partial charge < -0.3 is 25.7 Å². The lowest BCUT2D eigenvalue weighted by molar-refractivity contribution is -0.143. The molecule has 0 aliphatic heterocycles. The zero-order valence-corrected chi connectivity index (χ0v) is 16.2. The van der Waals surface area contributed by atoms with Gasteiger partial charge in [-0.1, -0.05) is 0 Å². The summed E-state index contributed by atoms with van der Waals surface area (Å²) in [5, 5.41) is 38.3. The molecule has 29 heavy (non-hydrogen) atoms. The Hall–Kier alpha value is -2.77. The number of nitrogens with zero attached hydrogens (tertiary/aromatic N) is 3. The zero-order valence-electron chi connectivity index (χ0n) is 16.2. The van der Waals surface area contributed by atoms with Gasteiger partial charge in [-0.3, -0.25) is 38.7 Å². The van der Waals surface area contributed by atoms with Crippen LogP contribution in [-0.4, -0.2) is 130 Å². The number of carboxylic acids is 4. The van der Waals surface area contributed by atoms with Gasteiger partial charge in [-0.05, 0) is 6.92 Å². The van der Waals surface area contributed by atoms with Crippen LogP contribution in [0.1, 0.15) is 6.92 Å². The molecule has 0 atom stereocenters. The van der Waals surface area contributed by atoms with Crippen LogP contribution in [0, 0.1) is 0 Å². The summed E-state index contributed by atoms with van der Waals surface area (Å²) >= 11 is 0. The zero-order chi connectivity index (χ0) is 22.4. The first-order valence-corrected chi connectivity index (χ1v) is 8.84. The largest absolute Gasteiger partial charge is 0.480 e. The van der Waals surface area contributed by atoms with Crippen molar-refractivity contribution in [2.24, 2.45) is 0 Å². The van der Waals surface area contributed by atoms with Crippen LogP contribution in [0.5, 0.6) is 0 Å². The number of carbonyl (C=O) groups is 5. The van der Waals surface area contributed by atoms with E-state index < -0.39 is 50.1 Å². The highest BCUT2D eigenvalue weighted by molar-refractivity contribution is 5.79. The van der Waals surface area contributed by atoms with Crippen LogP contribution in [-0.2, 0) is 24.0 Å².